The van der Waals surface area contributed by atoms with Gasteiger partial charge in [-0.2, -0.15) is 0 Å². The summed E-state index contributed by atoms with van der Waals surface area (Å²) < 4.78 is 0.929. The van der Waals surface area contributed by atoms with Crippen LogP contribution in [0.4, 0.5) is 5.69 Å². The van der Waals surface area contributed by atoms with Gasteiger partial charge in [0.05, 0.1) is 10.6 Å². The van der Waals surface area contributed by atoms with Gasteiger partial charge in [-0.3, -0.25) is 9.59 Å². The van der Waals surface area contributed by atoms with Crippen LogP contribution in [0.3, 0.4) is 0 Å². The van der Waals surface area contributed by atoms with Gasteiger partial charge in [-0.05, 0) is 42.2 Å². The molecular weight excluding hydrogens is 436 g/mol. The summed E-state index contributed by atoms with van der Waals surface area (Å²) in [6, 6.07) is 14.6. The summed E-state index contributed by atoms with van der Waals surface area (Å²) in [7, 11) is 0. The van der Waals surface area contributed by atoms with Crippen LogP contribution < -0.4 is 10.6 Å². The van der Waals surface area contributed by atoms with E-state index in [-0.39, 0.29) is 18.2 Å². The van der Waals surface area contributed by atoms with Crippen molar-refractivity contribution in [2.45, 2.75) is 12.3 Å². The standard InChI is InChI=1S/C19H16BrClN2O2S/c1-26-19-17(18(25)22-12-8-6-11(20)7-9-12)14(10-16(24)23-19)13-4-2-3-5-15(13)21/h2-9,14H,10H2,1H3,(H,22,25)(H,23,24)/t14-/m1/s1. The first-order chi connectivity index (χ1) is 12.5. The average molecular weight is 452 g/mol. The summed E-state index contributed by atoms with van der Waals surface area (Å²) in [6.07, 6.45) is 2.01. The van der Waals surface area contributed by atoms with Crippen molar-refractivity contribution < 1.29 is 9.59 Å². The average Bonchev–Trinajstić information content (AvgIpc) is 2.63. The molecule has 4 nitrogen and oxygen atoms in total. The lowest BCUT2D eigenvalue weighted by molar-refractivity contribution is -0.121. The molecule has 2 amide bonds. The van der Waals surface area contributed by atoms with Crippen LogP contribution >= 0.6 is 39.3 Å². The Morgan fingerprint density at radius 2 is 1.92 bits per heavy atom. The van der Waals surface area contributed by atoms with E-state index in [9.17, 15) is 9.59 Å². The molecule has 2 N–H and O–H groups in total. The van der Waals surface area contributed by atoms with E-state index in [4.69, 9.17) is 11.6 Å². The lowest BCUT2D eigenvalue weighted by Gasteiger charge is -2.28. The number of hydrogen-bond donors (Lipinski definition) is 2. The number of amides is 2. The third-order valence-corrected chi connectivity index (χ3v) is 5.67. The molecule has 2 aromatic carbocycles. The predicted octanol–water partition coefficient (Wildman–Crippen LogP) is 4.92. The Morgan fingerprint density at radius 1 is 1.23 bits per heavy atom. The van der Waals surface area contributed by atoms with E-state index < -0.39 is 5.92 Å². The maximum Gasteiger partial charge on any atom is 0.254 e. The minimum absolute atomic E-state index is 0.125. The topological polar surface area (TPSA) is 58.2 Å². The zero-order chi connectivity index (χ0) is 18.7. The molecule has 0 radical (unpaired) electrons. The van der Waals surface area contributed by atoms with Crippen molar-refractivity contribution in [1.29, 1.82) is 0 Å². The Labute approximate surface area is 169 Å². The second-order valence-corrected chi connectivity index (χ2v) is 7.87. The van der Waals surface area contributed by atoms with E-state index >= 15 is 0 Å². The lowest BCUT2D eigenvalue weighted by Crippen LogP contribution is -2.35. The molecule has 2 aromatic rings. The van der Waals surface area contributed by atoms with Gasteiger partial charge in [0.2, 0.25) is 5.91 Å². The Balaban J connectivity index is 2.00. The van der Waals surface area contributed by atoms with Crippen molar-refractivity contribution in [1.82, 2.24) is 5.32 Å². The highest BCUT2D eigenvalue weighted by molar-refractivity contribution is 9.10. The zero-order valence-corrected chi connectivity index (χ0v) is 17.0. The summed E-state index contributed by atoms with van der Waals surface area (Å²) >= 11 is 11.1. The van der Waals surface area contributed by atoms with Gasteiger partial charge in [-0.15, -0.1) is 11.8 Å². The van der Waals surface area contributed by atoms with Gasteiger partial charge in [0.1, 0.15) is 0 Å². The summed E-state index contributed by atoms with van der Waals surface area (Å²) in [4.78, 5) is 25.2. The Kier molecular flexibility index (Phi) is 6.06. The number of thioether (sulfide) groups is 1. The van der Waals surface area contributed by atoms with E-state index in [1.807, 2.05) is 48.7 Å². The molecule has 0 unspecified atom stereocenters. The number of anilines is 1. The number of nitrogens with one attached hydrogen (secondary N) is 2. The van der Waals surface area contributed by atoms with Gasteiger partial charge >= 0.3 is 0 Å². The summed E-state index contributed by atoms with van der Waals surface area (Å²) in [5.74, 6) is -0.767. The van der Waals surface area contributed by atoms with Gasteiger partial charge in [-0.1, -0.05) is 45.7 Å². The third-order valence-electron chi connectivity index (χ3n) is 4.07. The quantitative estimate of drug-likeness (QED) is 0.694. The van der Waals surface area contributed by atoms with Gasteiger partial charge in [0, 0.05) is 27.5 Å². The molecule has 0 saturated carbocycles. The Bertz CT molecular complexity index is 883. The van der Waals surface area contributed by atoms with Crippen molar-refractivity contribution in [2.24, 2.45) is 0 Å². The van der Waals surface area contributed by atoms with E-state index in [0.717, 1.165) is 10.0 Å². The van der Waals surface area contributed by atoms with Crippen molar-refractivity contribution in [3.8, 4) is 0 Å². The van der Waals surface area contributed by atoms with E-state index in [2.05, 4.69) is 26.6 Å². The molecule has 1 heterocycles. The largest absolute Gasteiger partial charge is 0.322 e. The van der Waals surface area contributed by atoms with Crippen LogP contribution in [0.5, 0.6) is 0 Å². The molecule has 7 heteroatoms. The highest BCUT2D eigenvalue weighted by Gasteiger charge is 2.34. The van der Waals surface area contributed by atoms with Crippen molar-refractivity contribution in [3.63, 3.8) is 0 Å². The van der Waals surface area contributed by atoms with Crippen LogP contribution in [0.15, 0.2) is 63.6 Å². The number of carbonyl (C=O) groups is 2. The fourth-order valence-electron chi connectivity index (χ4n) is 2.87. The van der Waals surface area contributed by atoms with Crippen LogP contribution in [0.25, 0.3) is 0 Å². The molecular formula is C19H16BrClN2O2S. The second-order valence-electron chi connectivity index (χ2n) is 5.73. The first-order valence-electron chi connectivity index (χ1n) is 7.89. The van der Waals surface area contributed by atoms with E-state index in [0.29, 0.717) is 21.3 Å². The monoisotopic (exact) mass is 450 g/mol. The molecule has 3 rings (SSSR count). The number of hydrogen-bond acceptors (Lipinski definition) is 3. The van der Waals surface area contributed by atoms with E-state index in [1.165, 1.54) is 11.8 Å². The lowest BCUT2D eigenvalue weighted by atomic mass is 9.86. The van der Waals surface area contributed by atoms with Crippen molar-refractivity contribution in [2.75, 3.05) is 11.6 Å². The van der Waals surface area contributed by atoms with Crippen molar-refractivity contribution >= 4 is 56.8 Å². The van der Waals surface area contributed by atoms with Gasteiger partial charge in [0.15, 0.2) is 0 Å². The molecule has 0 bridgehead atoms. The minimum Gasteiger partial charge on any atom is -0.322 e. The summed E-state index contributed by atoms with van der Waals surface area (Å²) in [6.45, 7) is 0. The van der Waals surface area contributed by atoms with Crippen LogP contribution in [0, 0.1) is 0 Å². The van der Waals surface area contributed by atoms with Crippen molar-refractivity contribution in [3.05, 3.63) is 74.2 Å². The fraction of sp³-hybridized carbons (Fsp3) is 0.158. The highest BCUT2D eigenvalue weighted by atomic mass is 79.9. The third kappa shape index (κ3) is 4.14. The minimum atomic E-state index is -0.393. The molecule has 1 aliphatic heterocycles. The molecule has 0 spiro atoms. The Hall–Kier alpha value is -1.76. The fourth-order valence-corrected chi connectivity index (χ4v) is 4.07. The maximum atomic E-state index is 13.0. The Morgan fingerprint density at radius 3 is 2.58 bits per heavy atom. The van der Waals surface area contributed by atoms with Crippen LogP contribution in [-0.2, 0) is 9.59 Å². The number of carbonyl (C=O) groups excluding carboxylic acids is 2. The molecule has 1 atom stereocenters. The smallest absolute Gasteiger partial charge is 0.254 e. The molecule has 0 aromatic heterocycles. The van der Waals surface area contributed by atoms with Crippen LogP contribution in [-0.4, -0.2) is 18.1 Å². The first-order valence-corrected chi connectivity index (χ1v) is 10.3. The summed E-state index contributed by atoms with van der Waals surface area (Å²) in [5, 5.41) is 6.81. The molecule has 26 heavy (non-hydrogen) atoms. The van der Waals surface area contributed by atoms with Gasteiger partial charge in [-0.25, -0.2) is 0 Å². The molecule has 0 aliphatic carbocycles. The van der Waals surface area contributed by atoms with Crippen LogP contribution in [0.1, 0.15) is 17.9 Å². The number of rotatable bonds is 4. The SMILES string of the molecule is CSC1=C(C(=O)Nc2ccc(Br)cc2)[C@@H](c2ccccc2Cl)CC(=O)N1. The number of benzene rings is 2. The molecule has 0 saturated heterocycles. The predicted molar refractivity (Wildman–Crippen MR) is 110 cm³/mol. The van der Waals surface area contributed by atoms with Gasteiger partial charge in [0.25, 0.3) is 5.91 Å². The molecule has 1 aliphatic rings. The zero-order valence-electron chi connectivity index (χ0n) is 13.9. The van der Waals surface area contributed by atoms with Crippen LogP contribution in [0.2, 0.25) is 5.02 Å². The van der Waals surface area contributed by atoms with E-state index in [1.54, 1.807) is 6.07 Å². The maximum absolute atomic E-state index is 13.0. The number of halogens is 2. The molecule has 134 valence electrons. The molecule has 0 fully saturated rings. The highest BCUT2D eigenvalue weighted by Crippen LogP contribution is 2.39. The second kappa shape index (κ2) is 8.29. The summed E-state index contributed by atoms with van der Waals surface area (Å²) in [5.41, 5.74) is 1.98. The first kappa shape index (κ1) is 19.0. The normalized spacial score (nSPS) is 17.0. The van der Waals surface area contributed by atoms with Gasteiger partial charge < -0.3 is 10.6 Å².